The van der Waals surface area contributed by atoms with Crippen LogP contribution in [0.5, 0.6) is 0 Å². The molecule has 0 aliphatic heterocycles. The number of halogens is 1. The van der Waals surface area contributed by atoms with Gasteiger partial charge in [0.05, 0.1) is 5.60 Å². The number of hydrogen-bond donors (Lipinski definition) is 1. The zero-order valence-electron chi connectivity index (χ0n) is 11.1. The molecule has 0 amide bonds. The third-order valence-corrected chi connectivity index (χ3v) is 4.08. The van der Waals surface area contributed by atoms with Crippen molar-refractivity contribution in [3.63, 3.8) is 0 Å². The zero-order chi connectivity index (χ0) is 13.9. The molecule has 0 atom stereocenters. The van der Waals surface area contributed by atoms with E-state index in [1.165, 1.54) is 0 Å². The molecule has 19 heavy (non-hydrogen) atoms. The van der Waals surface area contributed by atoms with Gasteiger partial charge in [-0.25, -0.2) is 0 Å². The van der Waals surface area contributed by atoms with Gasteiger partial charge in [0.1, 0.15) is 0 Å². The number of hydrogen-bond acceptors (Lipinski definition) is 1. The number of aliphatic hydroxyl groups is 1. The molecule has 0 radical (unpaired) electrons. The summed E-state index contributed by atoms with van der Waals surface area (Å²) in [6.07, 6.45) is 0. The second-order valence-electron chi connectivity index (χ2n) is 4.98. The van der Waals surface area contributed by atoms with Crippen LogP contribution in [-0.4, -0.2) is 10.7 Å². The fourth-order valence-corrected chi connectivity index (χ4v) is 3.41. The van der Waals surface area contributed by atoms with Crippen LogP contribution in [0.25, 0.3) is 9.15 Å². The Labute approximate surface area is 128 Å². The highest BCUT2D eigenvalue weighted by molar-refractivity contribution is 14.1. The molecule has 0 saturated carbocycles. The quantitative estimate of drug-likeness (QED) is 0.615. The number of benzene rings is 2. The van der Waals surface area contributed by atoms with Gasteiger partial charge in [-0.1, -0.05) is 60.7 Å². The van der Waals surface area contributed by atoms with Gasteiger partial charge in [-0.05, 0) is 47.6 Å². The molecular weight excluding hydrogens is 347 g/mol. The molecule has 2 aromatic carbocycles. The third-order valence-electron chi connectivity index (χ3n) is 2.92. The smallest absolute Gasteiger partial charge is 0.0856 e. The lowest BCUT2D eigenvalue weighted by Crippen LogP contribution is -2.21. The Kier molecular flexibility index (Phi) is 4.42. The maximum Gasteiger partial charge on any atom is 0.0856 e. The molecule has 0 unspecified atom stereocenters. The van der Waals surface area contributed by atoms with Crippen molar-refractivity contribution >= 4 is 31.7 Å². The Hall–Kier alpha value is -1.13. The molecule has 0 aromatic heterocycles. The van der Waals surface area contributed by atoms with E-state index in [2.05, 4.69) is 34.7 Å². The van der Waals surface area contributed by atoms with Crippen LogP contribution >= 0.6 is 22.6 Å². The van der Waals surface area contributed by atoms with E-state index >= 15 is 0 Å². The van der Waals surface area contributed by atoms with Gasteiger partial charge < -0.3 is 5.11 Å². The minimum absolute atomic E-state index is 0.881. The van der Waals surface area contributed by atoms with Gasteiger partial charge in [-0.2, -0.15) is 0 Å². The van der Waals surface area contributed by atoms with Gasteiger partial charge in [0.2, 0.25) is 0 Å². The first-order valence-electron chi connectivity index (χ1n) is 6.23. The summed E-state index contributed by atoms with van der Waals surface area (Å²) in [5, 5.41) is 10.5. The normalized spacial score (nSPS) is 13.1. The largest absolute Gasteiger partial charge is 0.386 e. The Morgan fingerprint density at radius 2 is 1.26 bits per heavy atom. The van der Waals surface area contributed by atoms with Gasteiger partial charge in [-0.3, -0.25) is 0 Å². The molecule has 2 heteroatoms. The van der Waals surface area contributed by atoms with Crippen molar-refractivity contribution in [3.8, 4) is 0 Å². The van der Waals surface area contributed by atoms with Crippen molar-refractivity contribution < 1.29 is 5.11 Å². The Morgan fingerprint density at radius 1 is 0.842 bits per heavy atom. The topological polar surface area (TPSA) is 20.2 Å². The van der Waals surface area contributed by atoms with Crippen LogP contribution in [0, 0.1) is 0 Å². The standard InChI is InChI=1S/C17H17IO/c1-17(2,19)15(13-9-5-3-6-10-13)16(18)14-11-7-4-8-12-14/h3-12,19H,1-2H3/b16-15-. The van der Waals surface area contributed by atoms with E-state index in [4.69, 9.17) is 0 Å². The highest BCUT2D eigenvalue weighted by Crippen LogP contribution is 2.38. The van der Waals surface area contributed by atoms with Crippen LogP contribution in [-0.2, 0) is 0 Å². The molecule has 98 valence electrons. The van der Waals surface area contributed by atoms with E-state index in [-0.39, 0.29) is 0 Å². The molecule has 0 bridgehead atoms. The second kappa shape index (κ2) is 5.88. The summed E-state index contributed by atoms with van der Waals surface area (Å²) in [6.45, 7) is 3.66. The maximum atomic E-state index is 10.5. The highest BCUT2D eigenvalue weighted by Gasteiger charge is 2.24. The fourth-order valence-electron chi connectivity index (χ4n) is 2.08. The minimum Gasteiger partial charge on any atom is -0.386 e. The van der Waals surface area contributed by atoms with Crippen molar-refractivity contribution in [2.45, 2.75) is 19.4 Å². The summed E-state index contributed by atoms with van der Waals surface area (Å²) in [7, 11) is 0. The van der Waals surface area contributed by atoms with Crippen molar-refractivity contribution in [2.75, 3.05) is 0 Å². The third kappa shape index (κ3) is 3.45. The minimum atomic E-state index is -0.881. The van der Waals surface area contributed by atoms with E-state index in [9.17, 15) is 5.11 Å². The van der Waals surface area contributed by atoms with Gasteiger partial charge in [0.25, 0.3) is 0 Å². The second-order valence-corrected chi connectivity index (χ2v) is 6.06. The Bertz CT molecular complexity index is 565. The first-order valence-corrected chi connectivity index (χ1v) is 7.31. The summed E-state index contributed by atoms with van der Waals surface area (Å²) in [5.41, 5.74) is 2.26. The summed E-state index contributed by atoms with van der Waals surface area (Å²) < 4.78 is 1.08. The van der Waals surface area contributed by atoms with E-state index < -0.39 is 5.60 Å². The van der Waals surface area contributed by atoms with Crippen LogP contribution in [0.2, 0.25) is 0 Å². The molecule has 0 aliphatic carbocycles. The molecule has 1 N–H and O–H groups in total. The lowest BCUT2D eigenvalue weighted by molar-refractivity contribution is 0.144. The molecule has 0 saturated heterocycles. The lowest BCUT2D eigenvalue weighted by atomic mass is 9.89. The predicted molar refractivity (Wildman–Crippen MR) is 90.0 cm³/mol. The summed E-state index contributed by atoms with van der Waals surface area (Å²) >= 11 is 2.32. The van der Waals surface area contributed by atoms with Crippen molar-refractivity contribution in [1.82, 2.24) is 0 Å². The fraction of sp³-hybridized carbons (Fsp3) is 0.176. The molecule has 0 heterocycles. The summed E-state index contributed by atoms with van der Waals surface area (Å²) in [5.74, 6) is 0. The highest BCUT2D eigenvalue weighted by atomic mass is 127. The van der Waals surface area contributed by atoms with Gasteiger partial charge in [-0.15, -0.1) is 0 Å². The van der Waals surface area contributed by atoms with Crippen molar-refractivity contribution in [2.24, 2.45) is 0 Å². The van der Waals surface area contributed by atoms with Crippen molar-refractivity contribution in [1.29, 1.82) is 0 Å². The first kappa shape index (κ1) is 14.3. The summed E-state index contributed by atoms with van der Waals surface area (Å²) in [6, 6.07) is 20.2. The zero-order valence-corrected chi connectivity index (χ0v) is 13.3. The molecule has 2 rings (SSSR count). The molecule has 0 aliphatic rings. The molecule has 0 fully saturated rings. The monoisotopic (exact) mass is 364 g/mol. The maximum absolute atomic E-state index is 10.5. The average Bonchev–Trinajstić information content (AvgIpc) is 2.39. The molecule has 2 aromatic rings. The van der Waals surface area contributed by atoms with Crippen LogP contribution in [0.1, 0.15) is 25.0 Å². The van der Waals surface area contributed by atoms with Crippen LogP contribution in [0.15, 0.2) is 60.7 Å². The lowest BCUT2D eigenvalue weighted by Gasteiger charge is -2.24. The van der Waals surface area contributed by atoms with E-state index in [1.54, 1.807) is 0 Å². The van der Waals surface area contributed by atoms with E-state index in [0.29, 0.717) is 0 Å². The Balaban J connectivity index is 2.63. The van der Waals surface area contributed by atoms with Gasteiger partial charge in [0, 0.05) is 9.15 Å². The first-order chi connectivity index (χ1) is 9.00. The molecule has 1 nitrogen and oxygen atoms in total. The van der Waals surface area contributed by atoms with Crippen LogP contribution in [0.3, 0.4) is 0 Å². The SMILES string of the molecule is CC(C)(O)/C(=C(\I)c1ccccc1)c1ccccc1. The average molecular weight is 364 g/mol. The van der Waals surface area contributed by atoms with Crippen molar-refractivity contribution in [3.05, 3.63) is 71.8 Å². The number of rotatable bonds is 3. The van der Waals surface area contributed by atoms with Gasteiger partial charge >= 0.3 is 0 Å². The summed E-state index contributed by atoms with van der Waals surface area (Å²) in [4.78, 5) is 0. The van der Waals surface area contributed by atoms with Crippen LogP contribution in [0.4, 0.5) is 0 Å². The molecule has 0 spiro atoms. The predicted octanol–water partition coefficient (Wildman–Crippen LogP) is 4.76. The van der Waals surface area contributed by atoms with Crippen LogP contribution < -0.4 is 0 Å². The van der Waals surface area contributed by atoms with Gasteiger partial charge in [0.15, 0.2) is 0 Å². The molecular formula is C17H17IO. The Morgan fingerprint density at radius 3 is 1.68 bits per heavy atom. The van der Waals surface area contributed by atoms with E-state index in [0.717, 1.165) is 20.3 Å². The van der Waals surface area contributed by atoms with E-state index in [1.807, 2.05) is 62.4 Å².